The number of hydrogen-bond acceptors (Lipinski definition) is 4. The van der Waals surface area contributed by atoms with Crippen LogP contribution < -0.4 is 5.32 Å². The van der Waals surface area contributed by atoms with Gasteiger partial charge in [-0.15, -0.1) is 0 Å². The molecule has 1 aromatic rings. The fourth-order valence-electron chi connectivity index (χ4n) is 3.97. The van der Waals surface area contributed by atoms with Gasteiger partial charge in [-0.3, -0.25) is 9.69 Å². The van der Waals surface area contributed by atoms with Gasteiger partial charge in [0.2, 0.25) is 15.9 Å². The van der Waals surface area contributed by atoms with Crippen molar-refractivity contribution in [1.82, 2.24) is 14.5 Å². The molecule has 1 heterocycles. The van der Waals surface area contributed by atoms with Crippen LogP contribution in [0, 0.1) is 17.6 Å². The number of nitrogens with one attached hydrogen (secondary N) is 1. The summed E-state index contributed by atoms with van der Waals surface area (Å²) >= 11 is 0. The Morgan fingerprint density at radius 3 is 2.32 bits per heavy atom. The third kappa shape index (κ3) is 4.69. The molecule has 1 aromatic carbocycles. The van der Waals surface area contributed by atoms with Crippen LogP contribution in [0.3, 0.4) is 0 Å². The fourth-order valence-corrected chi connectivity index (χ4v) is 5.50. The number of piperazine rings is 1. The highest BCUT2D eigenvalue weighted by atomic mass is 32.2. The lowest BCUT2D eigenvalue weighted by Crippen LogP contribution is -2.52. The van der Waals surface area contributed by atoms with Crippen molar-refractivity contribution in [2.45, 2.75) is 43.5 Å². The molecule has 6 nitrogen and oxygen atoms in total. The van der Waals surface area contributed by atoms with Crippen LogP contribution in [0.1, 0.15) is 32.6 Å². The first-order chi connectivity index (χ1) is 13.3. The third-order valence-electron chi connectivity index (χ3n) is 5.67. The molecular weight excluding hydrogens is 388 g/mol. The van der Waals surface area contributed by atoms with E-state index < -0.39 is 26.6 Å². The molecule has 0 unspecified atom stereocenters. The summed E-state index contributed by atoms with van der Waals surface area (Å²) in [5.41, 5.74) is 0. The minimum Gasteiger partial charge on any atom is -0.352 e. The molecule has 1 aliphatic heterocycles. The molecule has 2 aliphatic rings. The quantitative estimate of drug-likeness (QED) is 0.798. The number of benzene rings is 1. The Balaban J connectivity index is 1.55. The van der Waals surface area contributed by atoms with E-state index in [0.717, 1.165) is 41.8 Å². The zero-order valence-electron chi connectivity index (χ0n) is 16.0. The van der Waals surface area contributed by atoms with Gasteiger partial charge in [-0.2, -0.15) is 4.31 Å². The zero-order chi connectivity index (χ0) is 20.3. The first-order valence-corrected chi connectivity index (χ1v) is 11.2. The molecule has 2 atom stereocenters. The summed E-state index contributed by atoms with van der Waals surface area (Å²) in [6, 6.07) is 3.20. The van der Waals surface area contributed by atoms with Crippen LogP contribution >= 0.6 is 0 Å². The second kappa shape index (κ2) is 8.84. The predicted octanol–water partition coefficient (Wildman–Crippen LogP) is 1.97. The van der Waals surface area contributed by atoms with Crippen molar-refractivity contribution in [3.63, 3.8) is 0 Å². The molecule has 3 rings (SSSR count). The topological polar surface area (TPSA) is 69.7 Å². The number of halogens is 2. The van der Waals surface area contributed by atoms with E-state index in [4.69, 9.17) is 0 Å². The van der Waals surface area contributed by atoms with Crippen LogP contribution in [0.25, 0.3) is 0 Å². The van der Waals surface area contributed by atoms with E-state index >= 15 is 0 Å². The Hall–Kier alpha value is -1.58. The van der Waals surface area contributed by atoms with Crippen molar-refractivity contribution >= 4 is 15.9 Å². The maximum absolute atomic E-state index is 13.9. The lowest BCUT2D eigenvalue weighted by molar-refractivity contribution is -0.123. The summed E-state index contributed by atoms with van der Waals surface area (Å²) in [7, 11) is -4.25. The van der Waals surface area contributed by atoms with Crippen LogP contribution in [0.5, 0.6) is 0 Å². The molecule has 9 heteroatoms. The molecule has 1 saturated carbocycles. The van der Waals surface area contributed by atoms with Gasteiger partial charge in [0.1, 0.15) is 11.6 Å². The van der Waals surface area contributed by atoms with Crippen LogP contribution in [-0.2, 0) is 14.8 Å². The number of rotatable bonds is 5. The van der Waals surface area contributed by atoms with Crippen molar-refractivity contribution in [2.75, 3.05) is 32.7 Å². The summed E-state index contributed by atoms with van der Waals surface area (Å²) in [6.45, 7) is 3.19. The summed E-state index contributed by atoms with van der Waals surface area (Å²) in [5.74, 6) is -1.78. The van der Waals surface area contributed by atoms with E-state index in [2.05, 4.69) is 12.2 Å². The molecule has 1 N–H and O–H groups in total. The van der Waals surface area contributed by atoms with Crippen molar-refractivity contribution in [1.29, 1.82) is 0 Å². The molecular formula is C19H27F2N3O3S. The molecule has 0 radical (unpaired) electrons. The van der Waals surface area contributed by atoms with E-state index in [0.29, 0.717) is 19.0 Å². The zero-order valence-corrected chi connectivity index (χ0v) is 16.9. The minimum absolute atomic E-state index is 0.0600. The van der Waals surface area contributed by atoms with Gasteiger partial charge in [-0.1, -0.05) is 25.8 Å². The molecule has 28 heavy (non-hydrogen) atoms. The molecule has 1 amide bonds. The SMILES string of the molecule is C[C@H]1CCCC[C@H]1NC(=O)CN1CCN(S(=O)(=O)c2c(F)cccc2F)CC1. The Labute approximate surface area is 164 Å². The highest BCUT2D eigenvalue weighted by Crippen LogP contribution is 2.25. The highest BCUT2D eigenvalue weighted by Gasteiger charge is 2.33. The highest BCUT2D eigenvalue weighted by molar-refractivity contribution is 7.89. The van der Waals surface area contributed by atoms with Crippen LogP contribution in [0.15, 0.2) is 23.1 Å². The Morgan fingerprint density at radius 1 is 1.11 bits per heavy atom. The van der Waals surface area contributed by atoms with Crippen molar-refractivity contribution < 1.29 is 22.0 Å². The maximum Gasteiger partial charge on any atom is 0.249 e. The van der Waals surface area contributed by atoms with Crippen LogP contribution in [-0.4, -0.2) is 62.3 Å². The van der Waals surface area contributed by atoms with Gasteiger partial charge in [0.05, 0.1) is 6.54 Å². The van der Waals surface area contributed by atoms with E-state index in [1.54, 1.807) is 0 Å². The second-order valence-corrected chi connectivity index (χ2v) is 9.54. The summed E-state index contributed by atoms with van der Waals surface area (Å²) in [4.78, 5) is 13.3. The molecule has 0 spiro atoms. The van der Waals surface area contributed by atoms with E-state index in [9.17, 15) is 22.0 Å². The van der Waals surface area contributed by atoms with Gasteiger partial charge in [0.25, 0.3) is 0 Å². The smallest absolute Gasteiger partial charge is 0.249 e. The number of carbonyl (C=O) groups is 1. The molecule has 156 valence electrons. The van der Waals surface area contributed by atoms with Gasteiger partial charge in [-0.05, 0) is 30.9 Å². The Kier molecular flexibility index (Phi) is 6.67. The Bertz CT molecular complexity index is 790. The first-order valence-electron chi connectivity index (χ1n) is 9.75. The molecule has 0 bridgehead atoms. The molecule has 1 saturated heterocycles. The summed E-state index contributed by atoms with van der Waals surface area (Å²) in [6.07, 6.45) is 4.44. The van der Waals surface area contributed by atoms with Crippen LogP contribution in [0.4, 0.5) is 8.78 Å². The number of carbonyl (C=O) groups excluding carboxylic acids is 1. The van der Waals surface area contributed by atoms with Gasteiger partial charge in [-0.25, -0.2) is 17.2 Å². The van der Waals surface area contributed by atoms with E-state index in [-0.39, 0.29) is 31.6 Å². The molecule has 1 aliphatic carbocycles. The standard InChI is InChI=1S/C19H27F2N3O3S/c1-14-5-2-3-8-17(14)22-18(25)13-23-9-11-24(12-10-23)28(26,27)19-15(20)6-4-7-16(19)21/h4,6-7,14,17H,2-3,5,8-13H2,1H3,(H,22,25)/t14-,17+/m0/s1. The fraction of sp³-hybridized carbons (Fsp3) is 0.632. The average Bonchev–Trinajstić information content (AvgIpc) is 2.64. The van der Waals surface area contributed by atoms with Crippen molar-refractivity contribution in [2.24, 2.45) is 5.92 Å². The number of nitrogens with zero attached hydrogens (tertiary/aromatic N) is 2. The minimum atomic E-state index is -4.25. The third-order valence-corrected chi connectivity index (χ3v) is 7.62. The van der Waals surface area contributed by atoms with E-state index in [1.165, 1.54) is 6.42 Å². The lowest BCUT2D eigenvalue weighted by Gasteiger charge is -2.34. The van der Waals surface area contributed by atoms with Gasteiger partial charge in [0, 0.05) is 32.2 Å². The normalized spacial score (nSPS) is 24.8. The lowest BCUT2D eigenvalue weighted by atomic mass is 9.86. The Morgan fingerprint density at radius 2 is 1.71 bits per heavy atom. The van der Waals surface area contributed by atoms with Gasteiger partial charge < -0.3 is 5.32 Å². The van der Waals surface area contributed by atoms with Crippen LogP contribution in [0.2, 0.25) is 0 Å². The summed E-state index contributed by atoms with van der Waals surface area (Å²) < 4.78 is 54.1. The largest absolute Gasteiger partial charge is 0.352 e. The van der Waals surface area contributed by atoms with Gasteiger partial charge in [0.15, 0.2) is 4.90 Å². The summed E-state index contributed by atoms with van der Waals surface area (Å²) in [5, 5.41) is 3.09. The predicted molar refractivity (Wildman–Crippen MR) is 101 cm³/mol. The van der Waals surface area contributed by atoms with Gasteiger partial charge >= 0.3 is 0 Å². The van der Waals surface area contributed by atoms with Crippen molar-refractivity contribution in [3.8, 4) is 0 Å². The second-order valence-electron chi connectivity index (χ2n) is 7.67. The average molecular weight is 416 g/mol. The van der Waals surface area contributed by atoms with Crippen molar-refractivity contribution in [3.05, 3.63) is 29.8 Å². The van der Waals surface area contributed by atoms with E-state index in [1.807, 2.05) is 4.90 Å². The molecule has 0 aromatic heterocycles. The molecule has 2 fully saturated rings. The number of hydrogen-bond donors (Lipinski definition) is 1. The monoisotopic (exact) mass is 415 g/mol. The number of sulfonamides is 1. The first kappa shape index (κ1) is 21.1. The number of amides is 1. The maximum atomic E-state index is 13.9.